The molecule has 1 heterocycles. The Labute approximate surface area is 115 Å². The molecular weight excluding hydrogens is 240 g/mol. The van der Waals surface area contributed by atoms with Gasteiger partial charge in [-0.1, -0.05) is 33.1 Å². The summed E-state index contributed by atoms with van der Waals surface area (Å²) in [6.07, 6.45) is 5.16. The van der Waals surface area contributed by atoms with Crippen molar-refractivity contribution < 1.29 is 9.90 Å². The lowest BCUT2D eigenvalue weighted by Gasteiger charge is -2.15. The van der Waals surface area contributed by atoms with Gasteiger partial charge in [0.15, 0.2) is 0 Å². The number of aryl methyl sites for hydroxylation is 1. The van der Waals surface area contributed by atoms with Crippen LogP contribution < -0.4 is 5.32 Å². The van der Waals surface area contributed by atoms with Crippen LogP contribution in [0.4, 0.5) is 5.82 Å². The molecule has 0 amide bonds. The average molecular weight is 264 g/mol. The first-order valence-corrected chi connectivity index (χ1v) is 7.07. The smallest absolute Gasteiger partial charge is 0.335 e. The summed E-state index contributed by atoms with van der Waals surface area (Å²) in [6.45, 7) is 6.33. The summed E-state index contributed by atoms with van der Waals surface area (Å²) in [7, 11) is 0. The summed E-state index contributed by atoms with van der Waals surface area (Å²) in [5.41, 5.74) is 1.15. The third kappa shape index (κ3) is 5.28. The minimum absolute atomic E-state index is 0.309. The van der Waals surface area contributed by atoms with Crippen LogP contribution in [0, 0.1) is 0 Å². The highest BCUT2D eigenvalue weighted by molar-refractivity contribution is 5.88. The molecule has 0 spiro atoms. The Kier molecular flexibility index (Phi) is 6.33. The molecule has 1 aromatic heterocycles. The van der Waals surface area contributed by atoms with Crippen molar-refractivity contribution in [3.05, 3.63) is 23.4 Å². The van der Waals surface area contributed by atoms with Gasteiger partial charge < -0.3 is 10.4 Å². The summed E-state index contributed by atoms with van der Waals surface area (Å²) in [5, 5.41) is 12.4. The summed E-state index contributed by atoms with van der Waals surface area (Å²) < 4.78 is 0. The number of nitrogens with one attached hydrogen (secondary N) is 1. The largest absolute Gasteiger partial charge is 0.478 e. The lowest BCUT2D eigenvalue weighted by molar-refractivity contribution is 0.0696. The third-order valence-corrected chi connectivity index (χ3v) is 3.02. The molecule has 1 unspecified atom stereocenters. The molecule has 0 aliphatic rings. The summed E-state index contributed by atoms with van der Waals surface area (Å²) in [6, 6.07) is 3.59. The summed E-state index contributed by atoms with van der Waals surface area (Å²) in [4.78, 5) is 15.6. The van der Waals surface area contributed by atoms with E-state index in [9.17, 15) is 4.79 Å². The van der Waals surface area contributed by atoms with E-state index in [0.717, 1.165) is 37.8 Å². The Morgan fingerprint density at radius 3 is 2.68 bits per heavy atom. The molecule has 1 aromatic rings. The number of carboxylic acid groups (broad SMARTS) is 1. The molecule has 0 aromatic carbocycles. The van der Waals surface area contributed by atoms with Gasteiger partial charge in [-0.2, -0.15) is 0 Å². The Morgan fingerprint density at radius 2 is 2.11 bits per heavy atom. The van der Waals surface area contributed by atoms with Crippen molar-refractivity contribution in [1.82, 2.24) is 4.98 Å². The van der Waals surface area contributed by atoms with Gasteiger partial charge in [-0.25, -0.2) is 9.78 Å². The first kappa shape index (κ1) is 15.5. The van der Waals surface area contributed by atoms with Crippen molar-refractivity contribution >= 4 is 11.8 Å². The number of hydrogen-bond donors (Lipinski definition) is 2. The van der Waals surface area contributed by atoms with Crippen LogP contribution in [0.1, 0.15) is 62.5 Å². The zero-order chi connectivity index (χ0) is 14.3. The van der Waals surface area contributed by atoms with Crippen molar-refractivity contribution in [2.24, 2.45) is 0 Å². The number of rotatable bonds is 8. The van der Waals surface area contributed by atoms with E-state index in [4.69, 9.17) is 5.11 Å². The number of pyridine rings is 1. The number of unbranched alkanes of at least 4 members (excludes halogenated alkanes) is 1. The molecule has 0 saturated heterocycles. The molecule has 0 bridgehead atoms. The lowest BCUT2D eigenvalue weighted by atomic mass is 10.1. The van der Waals surface area contributed by atoms with Gasteiger partial charge in [0.25, 0.3) is 0 Å². The molecule has 2 N–H and O–H groups in total. The summed E-state index contributed by atoms with van der Waals surface area (Å²) >= 11 is 0. The van der Waals surface area contributed by atoms with Crippen LogP contribution in [0.15, 0.2) is 12.1 Å². The van der Waals surface area contributed by atoms with E-state index in [1.54, 1.807) is 12.1 Å². The zero-order valence-electron chi connectivity index (χ0n) is 12.1. The Bertz CT molecular complexity index is 419. The first-order valence-electron chi connectivity index (χ1n) is 7.07. The van der Waals surface area contributed by atoms with Crippen LogP contribution in [-0.4, -0.2) is 22.1 Å². The van der Waals surface area contributed by atoms with Gasteiger partial charge in [-0.15, -0.1) is 0 Å². The van der Waals surface area contributed by atoms with E-state index >= 15 is 0 Å². The number of nitrogens with zero attached hydrogens (tertiary/aromatic N) is 1. The highest BCUT2D eigenvalue weighted by atomic mass is 16.4. The fraction of sp³-hybridized carbons (Fsp3) is 0.600. The number of aromatic carboxylic acids is 1. The number of carbonyl (C=O) groups is 1. The molecule has 4 nitrogen and oxygen atoms in total. The van der Waals surface area contributed by atoms with Crippen LogP contribution in [-0.2, 0) is 6.42 Å². The van der Waals surface area contributed by atoms with Crippen LogP contribution in [0.25, 0.3) is 0 Å². The fourth-order valence-electron chi connectivity index (χ4n) is 2.00. The van der Waals surface area contributed by atoms with E-state index in [-0.39, 0.29) is 0 Å². The zero-order valence-corrected chi connectivity index (χ0v) is 12.1. The van der Waals surface area contributed by atoms with Gasteiger partial charge in [0.1, 0.15) is 5.82 Å². The van der Waals surface area contributed by atoms with Gasteiger partial charge >= 0.3 is 5.97 Å². The van der Waals surface area contributed by atoms with Crippen LogP contribution in [0.3, 0.4) is 0 Å². The Balaban J connectivity index is 2.83. The SMILES string of the molecule is CCCCC(C)Nc1cc(C(=O)O)cc(CCC)n1. The second-order valence-corrected chi connectivity index (χ2v) is 4.98. The standard InChI is InChI=1S/C15H24N2O2/c1-4-6-8-11(3)16-14-10-12(15(18)19)9-13(17-14)7-5-2/h9-11H,4-8H2,1-3H3,(H,16,17)(H,18,19). The number of aromatic nitrogens is 1. The second-order valence-electron chi connectivity index (χ2n) is 4.98. The minimum atomic E-state index is -0.899. The van der Waals surface area contributed by atoms with E-state index in [1.165, 1.54) is 0 Å². The fourth-order valence-corrected chi connectivity index (χ4v) is 2.00. The maximum atomic E-state index is 11.1. The second kappa shape index (κ2) is 7.77. The molecule has 0 aliphatic heterocycles. The molecule has 106 valence electrons. The van der Waals surface area contributed by atoms with E-state index < -0.39 is 5.97 Å². The minimum Gasteiger partial charge on any atom is -0.478 e. The molecular formula is C15H24N2O2. The van der Waals surface area contributed by atoms with Gasteiger partial charge in [0.2, 0.25) is 0 Å². The molecule has 1 rings (SSSR count). The molecule has 0 fully saturated rings. The van der Waals surface area contributed by atoms with Crippen molar-refractivity contribution in [3.8, 4) is 0 Å². The number of hydrogen-bond acceptors (Lipinski definition) is 3. The van der Waals surface area contributed by atoms with Crippen molar-refractivity contribution in [2.75, 3.05) is 5.32 Å². The quantitative estimate of drug-likeness (QED) is 0.751. The number of anilines is 1. The molecule has 0 radical (unpaired) electrons. The van der Waals surface area contributed by atoms with Crippen molar-refractivity contribution in [2.45, 2.75) is 58.9 Å². The topological polar surface area (TPSA) is 62.2 Å². The van der Waals surface area contributed by atoms with Gasteiger partial charge in [-0.3, -0.25) is 0 Å². The number of carboxylic acids is 1. The van der Waals surface area contributed by atoms with Crippen LogP contribution in [0.5, 0.6) is 0 Å². The highest BCUT2D eigenvalue weighted by Crippen LogP contribution is 2.14. The molecule has 1 atom stereocenters. The summed E-state index contributed by atoms with van der Waals surface area (Å²) in [5.74, 6) is -0.226. The third-order valence-electron chi connectivity index (χ3n) is 3.02. The highest BCUT2D eigenvalue weighted by Gasteiger charge is 2.10. The molecule has 19 heavy (non-hydrogen) atoms. The average Bonchev–Trinajstić information content (AvgIpc) is 2.36. The lowest BCUT2D eigenvalue weighted by Crippen LogP contribution is -2.17. The predicted molar refractivity (Wildman–Crippen MR) is 77.8 cm³/mol. The molecule has 0 saturated carbocycles. The molecule has 4 heteroatoms. The normalized spacial score (nSPS) is 12.2. The monoisotopic (exact) mass is 264 g/mol. The van der Waals surface area contributed by atoms with Crippen molar-refractivity contribution in [1.29, 1.82) is 0 Å². The first-order chi connectivity index (χ1) is 9.06. The van der Waals surface area contributed by atoms with Gasteiger partial charge in [0, 0.05) is 11.7 Å². The van der Waals surface area contributed by atoms with E-state index in [2.05, 4.69) is 31.1 Å². The molecule has 0 aliphatic carbocycles. The Hall–Kier alpha value is -1.58. The van der Waals surface area contributed by atoms with Gasteiger partial charge in [-0.05, 0) is 31.9 Å². The maximum Gasteiger partial charge on any atom is 0.335 e. The van der Waals surface area contributed by atoms with Gasteiger partial charge in [0.05, 0.1) is 5.56 Å². The Morgan fingerprint density at radius 1 is 1.37 bits per heavy atom. The van der Waals surface area contributed by atoms with Crippen LogP contribution in [0.2, 0.25) is 0 Å². The van der Waals surface area contributed by atoms with E-state index in [1.807, 2.05) is 0 Å². The van der Waals surface area contributed by atoms with E-state index in [0.29, 0.717) is 17.4 Å². The predicted octanol–water partition coefficient (Wildman–Crippen LogP) is 3.72. The van der Waals surface area contributed by atoms with Crippen molar-refractivity contribution in [3.63, 3.8) is 0 Å². The maximum absolute atomic E-state index is 11.1. The van der Waals surface area contributed by atoms with Crippen LogP contribution >= 0.6 is 0 Å².